The molecule has 4 N–H and O–H groups in total. The van der Waals surface area contributed by atoms with Gasteiger partial charge in [-0.3, -0.25) is 14.4 Å². The molecule has 2 rings (SSSR count). The number of unbranched alkanes of at least 4 members (excludes halogenated alkanes) is 1. The molecular formula is C21H28N2O8. The SMILES string of the molecule is CCCC[C@H]1C(=O)O[C@H](C)[C@H](NC(=O)c2cccc(NC=O)c2O)C(=O)O[C@@H](C)[C@@H]1O. The van der Waals surface area contributed by atoms with Crippen molar-refractivity contribution in [1.29, 1.82) is 0 Å². The number of anilines is 1. The number of phenols is 1. The van der Waals surface area contributed by atoms with Crippen molar-refractivity contribution < 1.29 is 38.9 Å². The lowest BCUT2D eigenvalue weighted by Crippen LogP contribution is -2.50. The molecule has 170 valence electrons. The van der Waals surface area contributed by atoms with Crippen molar-refractivity contribution in [2.24, 2.45) is 5.92 Å². The number of amides is 2. The van der Waals surface area contributed by atoms with Crippen LogP contribution in [0.15, 0.2) is 18.2 Å². The molecule has 0 spiro atoms. The number of para-hydroxylation sites is 1. The van der Waals surface area contributed by atoms with Gasteiger partial charge >= 0.3 is 11.9 Å². The largest absolute Gasteiger partial charge is 0.505 e. The molecule has 1 aliphatic heterocycles. The van der Waals surface area contributed by atoms with Crippen LogP contribution in [-0.4, -0.2) is 58.8 Å². The maximum absolute atomic E-state index is 12.7. The number of aliphatic hydroxyl groups excluding tert-OH is 1. The van der Waals surface area contributed by atoms with Gasteiger partial charge in [0.2, 0.25) is 6.41 Å². The van der Waals surface area contributed by atoms with Gasteiger partial charge in [-0.1, -0.05) is 25.8 Å². The first-order chi connectivity index (χ1) is 14.7. The highest BCUT2D eigenvalue weighted by Crippen LogP contribution is 2.28. The van der Waals surface area contributed by atoms with E-state index >= 15 is 0 Å². The standard InChI is InChI=1S/C21H28N2O8/c1-4-5-7-14-17(25)12(3)31-21(29)16(11(2)30-20(14)28)23-19(27)13-8-6-9-15(18(13)26)22-10-24/h6,8-12,14,16-17,25-26H,4-5,7H2,1-3H3,(H,22,24)(H,23,27)/t11-,12+,14-,16+,17+/m1/s1. The molecule has 1 aromatic carbocycles. The molecule has 0 aliphatic carbocycles. The maximum atomic E-state index is 12.7. The van der Waals surface area contributed by atoms with Crippen LogP contribution >= 0.6 is 0 Å². The number of nitrogens with one attached hydrogen (secondary N) is 2. The number of ether oxygens (including phenoxy) is 2. The molecule has 10 nitrogen and oxygen atoms in total. The molecule has 2 amide bonds. The summed E-state index contributed by atoms with van der Waals surface area (Å²) in [5, 5.41) is 25.4. The molecular weight excluding hydrogens is 408 g/mol. The van der Waals surface area contributed by atoms with Gasteiger partial charge in [-0.25, -0.2) is 4.79 Å². The van der Waals surface area contributed by atoms with E-state index in [1.165, 1.54) is 32.0 Å². The van der Waals surface area contributed by atoms with Gasteiger partial charge in [0, 0.05) is 0 Å². The van der Waals surface area contributed by atoms with Gasteiger partial charge in [0.25, 0.3) is 5.91 Å². The zero-order chi connectivity index (χ0) is 23.1. The van der Waals surface area contributed by atoms with Crippen molar-refractivity contribution in [3.05, 3.63) is 23.8 Å². The van der Waals surface area contributed by atoms with E-state index in [1.807, 2.05) is 6.92 Å². The van der Waals surface area contributed by atoms with E-state index in [0.717, 1.165) is 6.42 Å². The lowest BCUT2D eigenvalue weighted by Gasteiger charge is -2.24. The fraction of sp³-hybridized carbons (Fsp3) is 0.524. The van der Waals surface area contributed by atoms with Gasteiger partial charge in [0.05, 0.1) is 17.2 Å². The molecule has 5 atom stereocenters. The molecule has 0 aromatic heterocycles. The molecule has 31 heavy (non-hydrogen) atoms. The van der Waals surface area contributed by atoms with E-state index in [0.29, 0.717) is 19.3 Å². The molecule has 1 saturated heterocycles. The highest BCUT2D eigenvalue weighted by molar-refractivity contribution is 6.01. The van der Waals surface area contributed by atoms with Crippen molar-refractivity contribution in [3.63, 3.8) is 0 Å². The highest BCUT2D eigenvalue weighted by atomic mass is 16.6. The van der Waals surface area contributed by atoms with Crippen molar-refractivity contribution in [2.45, 2.75) is 64.4 Å². The number of aromatic hydroxyl groups is 1. The summed E-state index contributed by atoms with van der Waals surface area (Å²) >= 11 is 0. The van der Waals surface area contributed by atoms with E-state index in [-0.39, 0.29) is 11.3 Å². The smallest absolute Gasteiger partial charge is 0.332 e. The summed E-state index contributed by atoms with van der Waals surface area (Å²) in [7, 11) is 0. The average molecular weight is 436 g/mol. The van der Waals surface area contributed by atoms with Crippen LogP contribution in [0.4, 0.5) is 5.69 Å². The van der Waals surface area contributed by atoms with Crippen LogP contribution in [0.25, 0.3) is 0 Å². The summed E-state index contributed by atoms with van der Waals surface area (Å²) in [5.74, 6) is -3.77. The molecule has 1 fully saturated rings. The normalized spacial score (nSPS) is 26.5. The Bertz CT molecular complexity index is 828. The van der Waals surface area contributed by atoms with Crippen molar-refractivity contribution in [1.82, 2.24) is 5.32 Å². The molecule has 0 bridgehead atoms. The number of hydrogen-bond acceptors (Lipinski definition) is 8. The Labute approximate surface area is 179 Å². The maximum Gasteiger partial charge on any atom is 0.332 e. The molecule has 0 radical (unpaired) electrons. The number of rotatable bonds is 7. The Morgan fingerprint density at radius 1 is 1.16 bits per heavy atom. The number of esters is 2. The predicted molar refractivity (Wildman–Crippen MR) is 109 cm³/mol. The Hall–Kier alpha value is -3.14. The topological polar surface area (TPSA) is 151 Å². The summed E-state index contributed by atoms with van der Waals surface area (Å²) in [4.78, 5) is 48.7. The van der Waals surface area contributed by atoms with Gasteiger partial charge < -0.3 is 30.3 Å². The minimum Gasteiger partial charge on any atom is -0.505 e. The summed E-state index contributed by atoms with van der Waals surface area (Å²) in [6, 6.07) is 2.74. The second kappa shape index (κ2) is 10.8. The van der Waals surface area contributed by atoms with E-state index in [1.54, 1.807) is 0 Å². The number of benzene rings is 1. The third kappa shape index (κ3) is 5.72. The van der Waals surface area contributed by atoms with Crippen molar-refractivity contribution in [3.8, 4) is 5.75 Å². The van der Waals surface area contributed by atoms with Crippen LogP contribution in [0.5, 0.6) is 5.75 Å². The van der Waals surface area contributed by atoms with Gasteiger partial charge in [0.1, 0.15) is 18.3 Å². The van der Waals surface area contributed by atoms with E-state index in [4.69, 9.17) is 9.47 Å². The monoisotopic (exact) mass is 436 g/mol. The minimum atomic E-state index is -1.38. The van der Waals surface area contributed by atoms with Crippen LogP contribution in [0.2, 0.25) is 0 Å². The third-order valence-electron chi connectivity index (χ3n) is 5.17. The number of phenolic OH excluding ortho intramolecular Hbond substituents is 1. The lowest BCUT2D eigenvalue weighted by atomic mass is 9.93. The van der Waals surface area contributed by atoms with Crippen LogP contribution in [0.1, 0.15) is 50.4 Å². The molecule has 1 aliphatic rings. The van der Waals surface area contributed by atoms with Crippen molar-refractivity contribution in [2.75, 3.05) is 5.32 Å². The molecule has 0 saturated carbocycles. The lowest BCUT2D eigenvalue weighted by molar-refractivity contribution is -0.160. The summed E-state index contributed by atoms with van der Waals surface area (Å²) in [6.45, 7) is 4.83. The van der Waals surface area contributed by atoms with Gasteiger partial charge in [-0.15, -0.1) is 0 Å². The fourth-order valence-corrected chi connectivity index (χ4v) is 3.34. The number of carbonyl (C=O) groups is 4. The molecule has 1 aromatic rings. The Morgan fingerprint density at radius 3 is 2.48 bits per heavy atom. The summed E-state index contributed by atoms with van der Waals surface area (Å²) < 4.78 is 10.7. The second-order valence-electron chi connectivity index (χ2n) is 7.44. The Kier molecular flexibility index (Phi) is 8.38. The molecule has 10 heteroatoms. The van der Waals surface area contributed by atoms with Crippen LogP contribution in [-0.2, 0) is 23.9 Å². The average Bonchev–Trinajstić information content (AvgIpc) is 2.74. The van der Waals surface area contributed by atoms with Crippen LogP contribution in [0, 0.1) is 5.92 Å². The Balaban J connectivity index is 2.27. The minimum absolute atomic E-state index is 0.00896. The first kappa shape index (κ1) is 24.1. The summed E-state index contributed by atoms with van der Waals surface area (Å²) in [5.41, 5.74) is -0.193. The number of aliphatic hydroxyl groups is 1. The third-order valence-corrected chi connectivity index (χ3v) is 5.17. The number of carbonyl (C=O) groups excluding carboxylic acids is 4. The first-order valence-corrected chi connectivity index (χ1v) is 10.1. The van der Waals surface area contributed by atoms with Crippen molar-refractivity contribution >= 4 is 29.9 Å². The van der Waals surface area contributed by atoms with E-state index in [2.05, 4.69) is 10.6 Å². The van der Waals surface area contributed by atoms with E-state index in [9.17, 15) is 29.4 Å². The zero-order valence-electron chi connectivity index (χ0n) is 17.7. The number of cyclic esters (lactones) is 2. The van der Waals surface area contributed by atoms with Crippen LogP contribution < -0.4 is 10.6 Å². The molecule has 1 heterocycles. The predicted octanol–water partition coefficient (Wildman–Crippen LogP) is 1.10. The number of hydrogen-bond donors (Lipinski definition) is 4. The summed E-state index contributed by atoms with van der Waals surface area (Å²) in [6.07, 6.45) is -1.15. The van der Waals surface area contributed by atoms with Gasteiger partial charge in [0.15, 0.2) is 11.8 Å². The van der Waals surface area contributed by atoms with E-state index < -0.39 is 53.9 Å². The quantitative estimate of drug-likeness (QED) is 0.282. The fourth-order valence-electron chi connectivity index (χ4n) is 3.34. The second-order valence-corrected chi connectivity index (χ2v) is 7.44. The first-order valence-electron chi connectivity index (χ1n) is 10.1. The molecule has 0 unspecified atom stereocenters. The van der Waals surface area contributed by atoms with Crippen LogP contribution in [0.3, 0.4) is 0 Å². The van der Waals surface area contributed by atoms with Gasteiger partial charge in [-0.05, 0) is 32.4 Å². The highest BCUT2D eigenvalue weighted by Gasteiger charge is 2.41. The zero-order valence-corrected chi connectivity index (χ0v) is 17.7. The Morgan fingerprint density at radius 2 is 1.84 bits per heavy atom. The van der Waals surface area contributed by atoms with Gasteiger partial charge in [-0.2, -0.15) is 0 Å².